The Hall–Kier alpha value is -10.5. The van der Waals surface area contributed by atoms with Gasteiger partial charge in [-0.05, 0) is 103 Å². The molecule has 17 N–H and O–H groups in total. The van der Waals surface area contributed by atoms with E-state index < -0.39 is 362 Å². The molecule has 42 heteroatoms. The van der Waals surface area contributed by atoms with Crippen LogP contribution in [0.25, 0.3) is 0 Å². The number of carbonyl (C=O) groups excluding carboxylic acids is 14. The molecule has 116 heavy (non-hydrogen) atoms. The third-order valence-electron chi connectivity index (χ3n) is 18.9. The van der Waals surface area contributed by atoms with Crippen molar-refractivity contribution in [3.8, 4) is 0 Å². The first-order chi connectivity index (χ1) is 54.3. The molecule has 0 aliphatic carbocycles. The second-order valence-corrected chi connectivity index (χ2v) is 29.9. The van der Waals surface area contributed by atoms with E-state index in [1.807, 2.05) is 13.8 Å². The number of thioether (sulfide) groups is 1. The molecule has 1 aliphatic rings. The van der Waals surface area contributed by atoms with Crippen molar-refractivity contribution in [3.63, 3.8) is 0 Å². The third kappa shape index (κ3) is 42.7. The lowest BCUT2D eigenvalue weighted by Crippen LogP contribution is -2.52. The summed E-state index contributed by atoms with van der Waals surface area (Å²) in [6.45, 7) is 5.73. The van der Waals surface area contributed by atoms with Gasteiger partial charge in [0.05, 0.1) is 42.3 Å². The average molecular weight is 1670 g/mol. The smallest absolute Gasteiger partial charge is 0.303 e. The van der Waals surface area contributed by atoms with E-state index in [1.54, 1.807) is 6.26 Å². The van der Waals surface area contributed by atoms with Crippen LogP contribution in [-0.4, -0.2) is 267 Å². The van der Waals surface area contributed by atoms with E-state index in [4.69, 9.17) is 15.6 Å². The highest BCUT2D eigenvalue weighted by molar-refractivity contribution is 7.98. The monoisotopic (exact) mass is 1670 g/mol. The van der Waals surface area contributed by atoms with Crippen molar-refractivity contribution in [2.75, 3.05) is 31.8 Å². The minimum Gasteiger partial charge on any atom is -0.481 e. The number of hydrogen-bond acceptors (Lipinski definition) is 26. The number of Topliss-reactive ketones (excluding diaryl/α,β-unsaturated/α-hetero) is 7. The summed E-state index contributed by atoms with van der Waals surface area (Å²) in [5, 5.41) is 100. The number of ether oxygens (including phenoxy) is 1. The lowest BCUT2D eigenvalue weighted by Gasteiger charge is -2.27. The highest BCUT2D eigenvalue weighted by atomic mass is 32.2. The summed E-state index contributed by atoms with van der Waals surface area (Å²) >= 11 is 1.35. The number of amides is 7. The highest BCUT2D eigenvalue weighted by Crippen LogP contribution is 2.25. The van der Waals surface area contributed by atoms with Crippen molar-refractivity contribution in [2.24, 2.45) is 41.2 Å². The van der Waals surface area contributed by atoms with E-state index >= 15 is 0 Å². The Morgan fingerprint density at radius 3 is 1.05 bits per heavy atom. The number of rotatable bonds is 66. The number of nitrogens with one attached hydrogen (secondary N) is 6. The van der Waals surface area contributed by atoms with Gasteiger partial charge in [-0.2, -0.15) is 11.8 Å². The van der Waals surface area contributed by atoms with E-state index in [0.717, 1.165) is 0 Å². The SMILES string of the molecule is CSC[C@H](NC(=O)[C@H](C)CC(=O)[C@H](CC(C)C)NC(=O)[C@@H]1CCCN1C(=O)COCCCC(=O)[C@@H](CCC(=O)O)NC(=O)[C@@H](CCC(=O)O)CC(=O)[C@@H](CCC(=O)O)NC(=O)[C@@H](CCC(=O)O)CC(=O)[C@@H](CCC(=O)O)NC(=O)[C@@H](CCC(=O)O)CC(=O)[C@@H](CCC(=O)O)NC(=O)[C@@H](CCC(=O)O)CC(=O)[C@H](N)CCC(=O)O)C(C)=O. The van der Waals surface area contributed by atoms with Gasteiger partial charge in [0.1, 0.15) is 18.4 Å². The van der Waals surface area contributed by atoms with Gasteiger partial charge in [-0.15, -0.1) is 0 Å². The molecule has 1 fully saturated rings. The van der Waals surface area contributed by atoms with Gasteiger partial charge < -0.3 is 93.2 Å². The largest absolute Gasteiger partial charge is 0.481 e. The summed E-state index contributed by atoms with van der Waals surface area (Å²) in [5.41, 5.74) is 5.81. The highest BCUT2D eigenvalue weighted by Gasteiger charge is 2.40. The zero-order valence-corrected chi connectivity index (χ0v) is 66.3. The van der Waals surface area contributed by atoms with Crippen LogP contribution in [-0.2, 0) is 115 Å². The van der Waals surface area contributed by atoms with Crippen LogP contribution in [0.2, 0.25) is 0 Å². The first-order valence-corrected chi connectivity index (χ1v) is 39.2. The van der Waals surface area contributed by atoms with Crippen LogP contribution in [0.3, 0.4) is 0 Å². The van der Waals surface area contributed by atoms with E-state index in [-0.39, 0.29) is 50.5 Å². The summed E-state index contributed by atoms with van der Waals surface area (Å²) in [7, 11) is 0. The molecule has 41 nitrogen and oxygen atoms in total. The molecule has 1 rings (SSSR count). The Balaban J connectivity index is 3.54. The van der Waals surface area contributed by atoms with Gasteiger partial charge in [0.2, 0.25) is 41.4 Å². The lowest BCUT2D eigenvalue weighted by molar-refractivity contribution is -0.143. The number of nitrogens with zero attached hydrogens (tertiary/aromatic N) is 1. The predicted molar refractivity (Wildman–Crippen MR) is 401 cm³/mol. The summed E-state index contributed by atoms with van der Waals surface area (Å²) in [6.07, 6.45) is -15.9. The zero-order chi connectivity index (χ0) is 88.2. The standard InChI is InChI=1S/C74H110N8O33S/c1-38(2)30-50(55(86)31-39(3)69(109)81-51(37-116-5)40(4)83)80-74(114)52-8-6-28-82(52)59(90)36-115-29-7-9-53(84)46(15-24-65(101)102)76-71(111)42(11-20-61(93)94)33-56(87)48(17-26-67(105)106)78-73(113)44(13-22-63(97)98)35-58(89)49(18-27-68(107)108)79-72(112)43(12-21-62(95)96)34-57(88)47(16-25-66(103)104)77-70(110)41(10-19-60(91)92)32-54(85)45(75)14-23-64(99)100/h38-39,41-52H,6-37,75H2,1-5H3,(H,76,111)(H,77,110)(H,78,113)(H,79,112)(H,80,114)(H,81,109)(H,91,92)(H,93,94)(H,95,96)(H,97,98)(H,99,100)(H,101,102)(H,103,104)(H,105,106)(H,107,108)/t39-,41+,42+,43+,44+,45-,46-,47-,48-,49-,50+,51+,52+/m1/s1. The maximum atomic E-state index is 14.4. The van der Waals surface area contributed by atoms with Gasteiger partial charge >= 0.3 is 53.7 Å². The number of hydrogen-bond donors (Lipinski definition) is 16. The van der Waals surface area contributed by atoms with Crippen LogP contribution in [0, 0.1) is 35.5 Å². The second-order valence-electron chi connectivity index (χ2n) is 29.0. The van der Waals surface area contributed by atoms with Crippen molar-refractivity contribution in [1.82, 2.24) is 36.8 Å². The van der Waals surface area contributed by atoms with E-state index in [0.29, 0.717) is 12.2 Å². The Morgan fingerprint density at radius 2 is 0.716 bits per heavy atom. The van der Waals surface area contributed by atoms with E-state index in [1.165, 1.54) is 30.5 Å². The molecule has 7 amide bonds. The molecule has 1 aliphatic heterocycles. The average Bonchev–Trinajstić information content (AvgIpc) is 1.79. The third-order valence-corrected chi connectivity index (χ3v) is 19.6. The maximum Gasteiger partial charge on any atom is 0.303 e. The van der Waals surface area contributed by atoms with Crippen LogP contribution in [0.4, 0.5) is 0 Å². The number of ketones is 7. The molecule has 0 spiro atoms. The second kappa shape index (κ2) is 54.3. The first-order valence-electron chi connectivity index (χ1n) is 37.8. The van der Waals surface area contributed by atoms with Gasteiger partial charge in [0.25, 0.3) is 0 Å². The minimum absolute atomic E-state index is 0.0962. The number of aliphatic carboxylic acids is 9. The van der Waals surface area contributed by atoms with Gasteiger partial charge in [0.15, 0.2) is 34.7 Å². The lowest BCUT2D eigenvalue weighted by atomic mass is 9.88. The number of carbonyl (C=O) groups is 23. The van der Waals surface area contributed by atoms with Crippen molar-refractivity contribution in [1.29, 1.82) is 0 Å². The molecular formula is C74H110N8O33S. The summed E-state index contributed by atoms with van der Waals surface area (Å²) in [4.78, 5) is 299. The van der Waals surface area contributed by atoms with E-state index in [2.05, 4.69) is 31.9 Å². The molecule has 0 aromatic rings. The Morgan fingerprint density at radius 1 is 0.397 bits per heavy atom. The zero-order valence-electron chi connectivity index (χ0n) is 65.5. The molecule has 13 atom stereocenters. The van der Waals surface area contributed by atoms with Crippen LogP contribution in [0.1, 0.15) is 207 Å². The predicted octanol–water partition coefficient (Wildman–Crippen LogP) is 0.258. The molecule has 0 saturated carbocycles. The van der Waals surface area contributed by atoms with Gasteiger partial charge in [0, 0.05) is 145 Å². The van der Waals surface area contributed by atoms with Crippen molar-refractivity contribution < 1.29 is 161 Å². The maximum absolute atomic E-state index is 14.4. The summed E-state index contributed by atoms with van der Waals surface area (Å²) in [5.74, 6) is -34.1. The molecular weight excluding hydrogens is 1560 g/mol. The van der Waals surface area contributed by atoms with Crippen molar-refractivity contribution >= 4 is 147 Å². The molecule has 1 heterocycles. The number of carboxylic acids is 9. The fourth-order valence-corrected chi connectivity index (χ4v) is 13.0. The fraction of sp³-hybridized carbons (Fsp3) is 0.689. The van der Waals surface area contributed by atoms with Crippen LogP contribution < -0.4 is 37.6 Å². The Kier molecular flexibility index (Phi) is 48.5. The number of carboxylic acid groups (broad SMARTS) is 9. The summed E-state index contributed by atoms with van der Waals surface area (Å²) in [6, 6.07) is -11.7. The molecule has 1 saturated heterocycles. The van der Waals surface area contributed by atoms with E-state index in [9.17, 15) is 151 Å². The van der Waals surface area contributed by atoms with Crippen LogP contribution in [0.15, 0.2) is 0 Å². The minimum atomic E-state index is -2.00. The van der Waals surface area contributed by atoms with Gasteiger partial charge in [-0.1, -0.05) is 20.8 Å². The number of likely N-dealkylation sites (tertiary alicyclic amines) is 1. The van der Waals surface area contributed by atoms with Crippen molar-refractivity contribution in [2.45, 2.75) is 256 Å². The van der Waals surface area contributed by atoms with Crippen LogP contribution in [0.5, 0.6) is 0 Å². The topological polar surface area (TPSA) is 685 Å². The number of nitrogens with two attached hydrogens (primary N) is 1. The van der Waals surface area contributed by atoms with Crippen molar-refractivity contribution in [3.05, 3.63) is 0 Å². The summed E-state index contributed by atoms with van der Waals surface area (Å²) < 4.78 is 5.57. The fourth-order valence-electron chi connectivity index (χ4n) is 12.4. The Labute approximate surface area is 671 Å². The van der Waals surface area contributed by atoms with Gasteiger partial charge in [-0.3, -0.25) is 110 Å². The Bertz CT molecular complexity index is 3530. The first kappa shape index (κ1) is 103. The van der Waals surface area contributed by atoms with Gasteiger partial charge in [-0.25, -0.2) is 0 Å². The molecule has 0 bridgehead atoms. The molecule has 0 radical (unpaired) electrons. The quantitative estimate of drug-likeness (QED) is 0.0363. The molecule has 0 aromatic carbocycles. The van der Waals surface area contributed by atoms with Crippen LogP contribution >= 0.6 is 11.8 Å². The molecule has 0 unspecified atom stereocenters. The normalized spacial score (nSPS) is 15.6. The molecule has 0 aromatic heterocycles. The molecule has 650 valence electrons.